The van der Waals surface area contributed by atoms with Crippen LogP contribution in [0.5, 0.6) is 0 Å². The number of nitrogens with two attached hydrogens (primary N) is 1. The second kappa shape index (κ2) is 7.01. The molecule has 1 aromatic heterocycles. The fourth-order valence-electron chi connectivity index (χ4n) is 2.14. The number of rotatable bonds is 5. The molecule has 0 bridgehead atoms. The highest BCUT2D eigenvalue weighted by molar-refractivity contribution is 5.92. The molecule has 20 heavy (non-hydrogen) atoms. The normalized spacial score (nSPS) is 16.6. The highest BCUT2D eigenvalue weighted by Gasteiger charge is 2.13. The van der Waals surface area contributed by atoms with Crippen molar-refractivity contribution in [1.82, 2.24) is 20.0 Å². The summed E-state index contributed by atoms with van der Waals surface area (Å²) in [5.74, 6) is -0.548. The standard InChI is InChI=1S/C12H20N6O2/c13-11(19)8-18-7-10(6-15-18)16-12(20)9-17-4-1-2-14-3-5-17/h6-7,14H,1-5,8-9H2,(H2,13,19)(H,16,20). The van der Waals surface area contributed by atoms with Crippen LogP contribution in [-0.4, -0.2) is 59.2 Å². The molecule has 4 N–H and O–H groups in total. The summed E-state index contributed by atoms with van der Waals surface area (Å²) in [6.45, 7) is 4.06. The number of carbonyl (C=O) groups is 2. The second-order valence-corrected chi connectivity index (χ2v) is 4.82. The van der Waals surface area contributed by atoms with Crippen LogP contribution in [0, 0.1) is 0 Å². The summed E-state index contributed by atoms with van der Waals surface area (Å²) in [4.78, 5) is 24.8. The lowest BCUT2D eigenvalue weighted by Crippen LogP contribution is -2.35. The van der Waals surface area contributed by atoms with Crippen LogP contribution in [-0.2, 0) is 16.1 Å². The maximum absolute atomic E-state index is 11.9. The minimum absolute atomic E-state index is 0.00760. The lowest BCUT2D eigenvalue weighted by Gasteiger charge is -2.18. The molecule has 8 heteroatoms. The van der Waals surface area contributed by atoms with Gasteiger partial charge in [-0.25, -0.2) is 0 Å². The Bertz CT molecular complexity index is 464. The molecule has 0 atom stereocenters. The molecule has 1 aromatic rings. The lowest BCUT2D eigenvalue weighted by atomic mass is 10.4. The van der Waals surface area contributed by atoms with E-state index in [0.29, 0.717) is 12.2 Å². The number of primary amides is 1. The zero-order valence-electron chi connectivity index (χ0n) is 11.3. The topological polar surface area (TPSA) is 105 Å². The van der Waals surface area contributed by atoms with Crippen LogP contribution in [0.4, 0.5) is 5.69 Å². The van der Waals surface area contributed by atoms with Gasteiger partial charge in [0, 0.05) is 19.3 Å². The average molecular weight is 280 g/mol. The van der Waals surface area contributed by atoms with Crippen molar-refractivity contribution in [2.75, 3.05) is 38.0 Å². The summed E-state index contributed by atoms with van der Waals surface area (Å²) in [5.41, 5.74) is 5.65. The van der Waals surface area contributed by atoms with Gasteiger partial charge in [-0.05, 0) is 19.5 Å². The van der Waals surface area contributed by atoms with E-state index in [1.54, 1.807) is 6.20 Å². The summed E-state index contributed by atoms with van der Waals surface area (Å²) < 4.78 is 1.40. The van der Waals surface area contributed by atoms with E-state index < -0.39 is 5.91 Å². The lowest BCUT2D eigenvalue weighted by molar-refractivity contribution is -0.119. The van der Waals surface area contributed by atoms with E-state index in [1.807, 2.05) is 0 Å². The number of nitrogens with zero attached hydrogens (tertiary/aromatic N) is 3. The molecular formula is C12H20N6O2. The Morgan fingerprint density at radius 3 is 3.00 bits per heavy atom. The van der Waals surface area contributed by atoms with Gasteiger partial charge in [0.1, 0.15) is 6.54 Å². The number of anilines is 1. The Labute approximate surface area is 117 Å². The van der Waals surface area contributed by atoms with E-state index >= 15 is 0 Å². The monoisotopic (exact) mass is 280 g/mol. The first-order chi connectivity index (χ1) is 9.63. The number of hydrogen-bond donors (Lipinski definition) is 3. The zero-order chi connectivity index (χ0) is 14.4. The van der Waals surface area contributed by atoms with Gasteiger partial charge in [0.2, 0.25) is 11.8 Å². The van der Waals surface area contributed by atoms with Crippen molar-refractivity contribution in [3.05, 3.63) is 12.4 Å². The SMILES string of the molecule is NC(=O)Cn1cc(NC(=O)CN2CCCNCC2)cn1. The second-order valence-electron chi connectivity index (χ2n) is 4.82. The van der Waals surface area contributed by atoms with Crippen LogP contribution in [0.15, 0.2) is 12.4 Å². The summed E-state index contributed by atoms with van der Waals surface area (Å²) >= 11 is 0. The molecule has 2 heterocycles. The van der Waals surface area contributed by atoms with Gasteiger partial charge in [0.15, 0.2) is 0 Å². The van der Waals surface area contributed by atoms with Gasteiger partial charge in [-0.15, -0.1) is 0 Å². The molecular weight excluding hydrogens is 260 g/mol. The number of carbonyl (C=O) groups excluding carboxylic acids is 2. The van der Waals surface area contributed by atoms with E-state index in [0.717, 1.165) is 32.6 Å². The summed E-state index contributed by atoms with van der Waals surface area (Å²) in [7, 11) is 0. The van der Waals surface area contributed by atoms with Crippen LogP contribution >= 0.6 is 0 Å². The fourth-order valence-corrected chi connectivity index (χ4v) is 2.14. The first kappa shape index (κ1) is 14.5. The summed E-state index contributed by atoms with van der Waals surface area (Å²) in [6, 6.07) is 0. The molecule has 1 aliphatic rings. The highest BCUT2D eigenvalue weighted by Crippen LogP contribution is 2.05. The van der Waals surface area contributed by atoms with Gasteiger partial charge in [0.05, 0.1) is 18.4 Å². The van der Waals surface area contributed by atoms with Crippen LogP contribution < -0.4 is 16.4 Å². The molecule has 1 saturated heterocycles. The number of aromatic nitrogens is 2. The smallest absolute Gasteiger partial charge is 0.239 e. The van der Waals surface area contributed by atoms with Gasteiger partial charge in [0.25, 0.3) is 0 Å². The van der Waals surface area contributed by atoms with Gasteiger partial charge < -0.3 is 16.4 Å². The molecule has 0 aliphatic carbocycles. The van der Waals surface area contributed by atoms with Crippen LogP contribution in [0.1, 0.15) is 6.42 Å². The average Bonchev–Trinajstić information content (AvgIpc) is 2.63. The quantitative estimate of drug-likeness (QED) is 0.615. The third kappa shape index (κ3) is 4.63. The Hall–Kier alpha value is -1.93. The van der Waals surface area contributed by atoms with Gasteiger partial charge in [-0.3, -0.25) is 19.2 Å². The maximum Gasteiger partial charge on any atom is 0.239 e. The molecule has 0 radical (unpaired) electrons. The van der Waals surface area contributed by atoms with Crippen molar-refractivity contribution < 1.29 is 9.59 Å². The van der Waals surface area contributed by atoms with E-state index in [4.69, 9.17) is 5.73 Å². The molecule has 110 valence electrons. The number of amides is 2. The van der Waals surface area contributed by atoms with Crippen molar-refractivity contribution in [2.24, 2.45) is 5.73 Å². The molecule has 0 aromatic carbocycles. The molecule has 0 saturated carbocycles. The predicted octanol–water partition coefficient (Wildman–Crippen LogP) is -1.40. The highest BCUT2D eigenvalue weighted by atomic mass is 16.2. The summed E-state index contributed by atoms with van der Waals surface area (Å²) in [6.07, 6.45) is 4.14. The van der Waals surface area contributed by atoms with Crippen molar-refractivity contribution in [3.63, 3.8) is 0 Å². The minimum Gasteiger partial charge on any atom is -0.368 e. The molecule has 8 nitrogen and oxygen atoms in total. The molecule has 0 spiro atoms. The third-order valence-electron chi connectivity index (χ3n) is 3.03. The predicted molar refractivity (Wildman–Crippen MR) is 74.0 cm³/mol. The van der Waals surface area contributed by atoms with Crippen LogP contribution in [0.25, 0.3) is 0 Å². The fraction of sp³-hybridized carbons (Fsp3) is 0.583. The van der Waals surface area contributed by atoms with E-state index in [1.165, 1.54) is 10.9 Å². The van der Waals surface area contributed by atoms with Gasteiger partial charge >= 0.3 is 0 Å². The zero-order valence-corrected chi connectivity index (χ0v) is 11.3. The first-order valence-electron chi connectivity index (χ1n) is 6.67. The van der Waals surface area contributed by atoms with Crippen LogP contribution in [0.2, 0.25) is 0 Å². The minimum atomic E-state index is -0.469. The van der Waals surface area contributed by atoms with Crippen molar-refractivity contribution in [3.8, 4) is 0 Å². The third-order valence-corrected chi connectivity index (χ3v) is 3.03. The molecule has 0 unspecified atom stereocenters. The number of nitrogens with one attached hydrogen (secondary N) is 2. The Kier molecular flexibility index (Phi) is 5.08. The van der Waals surface area contributed by atoms with Gasteiger partial charge in [-0.2, -0.15) is 5.10 Å². The van der Waals surface area contributed by atoms with Crippen molar-refractivity contribution in [2.45, 2.75) is 13.0 Å². The Morgan fingerprint density at radius 2 is 2.20 bits per heavy atom. The van der Waals surface area contributed by atoms with E-state index in [-0.39, 0.29) is 12.5 Å². The molecule has 1 fully saturated rings. The largest absolute Gasteiger partial charge is 0.368 e. The van der Waals surface area contributed by atoms with Gasteiger partial charge in [-0.1, -0.05) is 0 Å². The maximum atomic E-state index is 11.9. The summed E-state index contributed by atoms with van der Waals surface area (Å²) in [5, 5.41) is 10.0. The van der Waals surface area contributed by atoms with E-state index in [2.05, 4.69) is 20.6 Å². The number of hydrogen-bond acceptors (Lipinski definition) is 5. The van der Waals surface area contributed by atoms with Crippen LogP contribution in [0.3, 0.4) is 0 Å². The molecule has 1 aliphatic heterocycles. The molecule has 2 rings (SSSR count). The first-order valence-corrected chi connectivity index (χ1v) is 6.67. The Morgan fingerprint density at radius 1 is 1.35 bits per heavy atom. The van der Waals surface area contributed by atoms with Crippen molar-refractivity contribution >= 4 is 17.5 Å². The molecule has 2 amide bonds. The van der Waals surface area contributed by atoms with Crippen molar-refractivity contribution in [1.29, 1.82) is 0 Å². The Balaban J connectivity index is 1.81. The van der Waals surface area contributed by atoms with E-state index in [9.17, 15) is 9.59 Å².